The van der Waals surface area contributed by atoms with Crippen molar-refractivity contribution in [1.82, 2.24) is 4.98 Å². The molecule has 2 heterocycles. The molecule has 2 aromatic heterocycles. The van der Waals surface area contributed by atoms with Crippen LogP contribution in [-0.2, 0) is 0 Å². The van der Waals surface area contributed by atoms with Crippen LogP contribution in [0.25, 0.3) is 21.3 Å². The van der Waals surface area contributed by atoms with E-state index in [0.29, 0.717) is 5.13 Å². The number of hydrogen-bond donors (Lipinski definition) is 1. The van der Waals surface area contributed by atoms with Crippen molar-refractivity contribution in [3.63, 3.8) is 0 Å². The molecule has 4 rings (SSSR count). The van der Waals surface area contributed by atoms with Crippen LogP contribution in [0.5, 0.6) is 0 Å². The molecule has 2 aromatic carbocycles. The summed E-state index contributed by atoms with van der Waals surface area (Å²) >= 11 is 1.45. The van der Waals surface area contributed by atoms with E-state index < -0.39 is 0 Å². The third-order valence-corrected chi connectivity index (χ3v) is 4.65. The lowest BCUT2D eigenvalue weighted by molar-refractivity contribution is 0.0997. The fraction of sp³-hybridized carbons (Fsp3) is 0.0526. The molecule has 0 spiro atoms. The smallest absolute Gasteiger partial charge is 0.293 e. The third-order valence-electron chi connectivity index (χ3n) is 3.72. The summed E-state index contributed by atoms with van der Waals surface area (Å²) in [6, 6.07) is 17.5. The lowest BCUT2D eigenvalue weighted by Gasteiger charge is -2.02. The van der Waals surface area contributed by atoms with Gasteiger partial charge < -0.3 is 4.42 Å². The summed E-state index contributed by atoms with van der Waals surface area (Å²) in [5.74, 6) is -0.00809. The van der Waals surface area contributed by atoms with Gasteiger partial charge in [-0.05, 0) is 36.2 Å². The average molecular weight is 334 g/mol. The number of fused-ring (bicyclic) bond motifs is 1. The molecule has 0 aliphatic heterocycles. The summed E-state index contributed by atoms with van der Waals surface area (Å²) in [6.07, 6.45) is 1.53. The van der Waals surface area contributed by atoms with Crippen molar-refractivity contribution in [3.8, 4) is 11.1 Å². The Morgan fingerprint density at radius 2 is 1.96 bits per heavy atom. The molecule has 5 heteroatoms. The van der Waals surface area contributed by atoms with Gasteiger partial charge in [0, 0.05) is 5.56 Å². The van der Waals surface area contributed by atoms with Crippen LogP contribution < -0.4 is 5.32 Å². The number of aromatic nitrogens is 1. The summed E-state index contributed by atoms with van der Waals surface area (Å²) in [7, 11) is 0. The Balaban J connectivity index is 1.64. The maximum Gasteiger partial charge on any atom is 0.293 e. The fourth-order valence-electron chi connectivity index (χ4n) is 2.57. The lowest BCUT2D eigenvalue weighted by Crippen LogP contribution is -2.11. The Morgan fingerprint density at radius 1 is 1.12 bits per heavy atom. The molecule has 1 N–H and O–H groups in total. The topological polar surface area (TPSA) is 55.1 Å². The van der Waals surface area contributed by atoms with Crippen LogP contribution in [0, 0.1) is 6.92 Å². The van der Waals surface area contributed by atoms with E-state index in [4.69, 9.17) is 4.42 Å². The molecule has 0 saturated carbocycles. The first-order valence-electron chi connectivity index (χ1n) is 7.52. The van der Waals surface area contributed by atoms with E-state index >= 15 is 0 Å². The molecule has 4 nitrogen and oxygen atoms in total. The van der Waals surface area contributed by atoms with E-state index in [2.05, 4.69) is 16.4 Å². The van der Waals surface area contributed by atoms with Crippen LogP contribution in [0.15, 0.2) is 65.3 Å². The summed E-state index contributed by atoms with van der Waals surface area (Å²) in [5.41, 5.74) is 3.76. The molecular weight excluding hydrogens is 320 g/mol. The molecule has 0 atom stereocenters. The van der Waals surface area contributed by atoms with Gasteiger partial charge in [-0.1, -0.05) is 47.7 Å². The number of nitrogens with zero attached hydrogens (tertiary/aromatic N) is 1. The normalized spacial score (nSPS) is 10.9. The summed E-state index contributed by atoms with van der Waals surface area (Å²) < 4.78 is 6.46. The molecule has 0 saturated heterocycles. The van der Waals surface area contributed by atoms with Gasteiger partial charge in [-0.2, -0.15) is 0 Å². The van der Waals surface area contributed by atoms with Gasteiger partial charge in [-0.25, -0.2) is 4.98 Å². The van der Waals surface area contributed by atoms with Gasteiger partial charge in [-0.3, -0.25) is 10.1 Å². The number of amides is 1. The van der Waals surface area contributed by atoms with E-state index in [0.717, 1.165) is 21.3 Å². The van der Waals surface area contributed by atoms with Crippen LogP contribution in [0.4, 0.5) is 5.13 Å². The Kier molecular flexibility index (Phi) is 3.63. The summed E-state index contributed by atoms with van der Waals surface area (Å²) in [4.78, 5) is 17.0. The largest absolute Gasteiger partial charge is 0.459 e. The Morgan fingerprint density at radius 3 is 2.79 bits per heavy atom. The van der Waals surface area contributed by atoms with Crippen molar-refractivity contribution in [3.05, 3.63) is 72.2 Å². The lowest BCUT2D eigenvalue weighted by atomic mass is 10.1. The Hall–Kier alpha value is -2.92. The van der Waals surface area contributed by atoms with Crippen molar-refractivity contribution in [2.75, 3.05) is 5.32 Å². The molecule has 0 aliphatic carbocycles. The number of anilines is 1. The molecule has 0 unspecified atom stereocenters. The fourth-order valence-corrected chi connectivity index (χ4v) is 3.53. The zero-order valence-corrected chi connectivity index (χ0v) is 13.8. The van der Waals surface area contributed by atoms with Gasteiger partial charge in [0.1, 0.15) is 0 Å². The van der Waals surface area contributed by atoms with Crippen molar-refractivity contribution in [1.29, 1.82) is 0 Å². The zero-order valence-electron chi connectivity index (χ0n) is 12.9. The first-order valence-corrected chi connectivity index (χ1v) is 8.34. The molecule has 0 radical (unpaired) electrons. The van der Waals surface area contributed by atoms with Gasteiger partial charge in [0.05, 0.1) is 16.5 Å². The molecule has 24 heavy (non-hydrogen) atoms. The quantitative estimate of drug-likeness (QED) is 0.566. The monoisotopic (exact) mass is 334 g/mol. The van der Waals surface area contributed by atoms with Crippen LogP contribution >= 0.6 is 11.3 Å². The highest BCUT2D eigenvalue weighted by Gasteiger charge is 2.18. The standard InChI is InChI=1S/C19H14N2O2S/c1-12-7-8-15-16(11-12)24-19(20-15)21-18(22)17-14(9-10-23-17)13-5-3-2-4-6-13/h2-11H,1H3,(H,20,21,22). The SMILES string of the molecule is Cc1ccc2nc(NC(=O)c3occc3-c3ccccc3)sc2c1. The summed E-state index contributed by atoms with van der Waals surface area (Å²) in [5, 5.41) is 3.40. The first-order chi connectivity index (χ1) is 11.7. The number of rotatable bonds is 3. The van der Waals surface area contributed by atoms with E-state index in [1.165, 1.54) is 23.2 Å². The van der Waals surface area contributed by atoms with Crippen molar-refractivity contribution >= 4 is 32.6 Å². The van der Waals surface area contributed by atoms with Gasteiger partial charge in [0.25, 0.3) is 5.91 Å². The van der Waals surface area contributed by atoms with Gasteiger partial charge in [0.2, 0.25) is 0 Å². The van der Waals surface area contributed by atoms with E-state index in [1.54, 1.807) is 6.07 Å². The molecule has 0 fully saturated rings. The van der Waals surface area contributed by atoms with E-state index in [1.807, 2.05) is 49.4 Å². The van der Waals surface area contributed by atoms with Crippen LogP contribution in [0.1, 0.15) is 16.1 Å². The van der Waals surface area contributed by atoms with Gasteiger partial charge >= 0.3 is 0 Å². The third kappa shape index (κ3) is 2.70. The maximum atomic E-state index is 12.6. The predicted molar refractivity (Wildman–Crippen MR) is 96.5 cm³/mol. The molecule has 118 valence electrons. The number of thiazole rings is 1. The highest BCUT2D eigenvalue weighted by molar-refractivity contribution is 7.22. The number of hydrogen-bond acceptors (Lipinski definition) is 4. The van der Waals surface area contributed by atoms with Crippen LogP contribution in [0.2, 0.25) is 0 Å². The number of aryl methyl sites for hydroxylation is 1. The van der Waals surface area contributed by atoms with Crippen molar-refractivity contribution in [2.45, 2.75) is 6.92 Å². The van der Waals surface area contributed by atoms with Crippen molar-refractivity contribution in [2.24, 2.45) is 0 Å². The van der Waals surface area contributed by atoms with E-state index in [-0.39, 0.29) is 11.7 Å². The minimum absolute atomic E-state index is 0.289. The highest BCUT2D eigenvalue weighted by atomic mass is 32.1. The Bertz CT molecular complexity index is 1020. The molecule has 4 aromatic rings. The van der Waals surface area contributed by atoms with Crippen LogP contribution in [0.3, 0.4) is 0 Å². The zero-order chi connectivity index (χ0) is 16.5. The number of carbonyl (C=O) groups is 1. The number of nitrogens with one attached hydrogen (secondary N) is 1. The number of benzene rings is 2. The molecule has 0 aliphatic rings. The number of carbonyl (C=O) groups excluding carboxylic acids is 1. The second kappa shape index (κ2) is 5.94. The van der Waals surface area contributed by atoms with Crippen molar-refractivity contribution < 1.29 is 9.21 Å². The molecular formula is C19H14N2O2S. The maximum absolute atomic E-state index is 12.6. The average Bonchev–Trinajstić information content (AvgIpc) is 3.21. The van der Waals surface area contributed by atoms with E-state index in [9.17, 15) is 4.79 Å². The van der Waals surface area contributed by atoms with Gasteiger partial charge in [0.15, 0.2) is 10.9 Å². The number of furan rings is 1. The minimum atomic E-state index is -0.297. The predicted octanol–water partition coefficient (Wildman–Crippen LogP) is 5.12. The minimum Gasteiger partial charge on any atom is -0.459 e. The Labute approximate surface area is 142 Å². The highest BCUT2D eigenvalue weighted by Crippen LogP contribution is 2.29. The second-order valence-electron chi connectivity index (χ2n) is 5.47. The molecule has 0 bridgehead atoms. The van der Waals surface area contributed by atoms with Gasteiger partial charge in [-0.15, -0.1) is 0 Å². The first kappa shape index (κ1) is 14.7. The van der Waals surface area contributed by atoms with Crippen LogP contribution in [-0.4, -0.2) is 10.9 Å². The molecule has 1 amide bonds. The second-order valence-corrected chi connectivity index (χ2v) is 6.50. The summed E-state index contributed by atoms with van der Waals surface area (Å²) in [6.45, 7) is 2.03.